The van der Waals surface area contributed by atoms with E-state index in [1.165, 1.54) is 12.3 Å². The predicted molar refractivity (Wildman–Crippen MR) is 47.1 cm³/mol. The van der Waals surface area contributed by atoms with Gasteiger partial charge in [-0.25, -0.2) is 4.98 Å². The fourth-order valence-electron chi connectivity index (χ4n) is 0.560. The molecule has 1 rings (SSSR count). The highest BCUT2D eigenvalue weighted by molar-refractivity contribution is 14.1. The number of carbonyl (C=O) groups is 1. The molecule has 0 spiro atoms. The van der Waals surface area contributed by atoms with Crippen molar-refractivity contribution < 1.29 is 9.18 Å². The molecule has 0 aromatic carbocycles. The topological polar surface area (TPSA) is 30.0 Å². The first-order valence-corrected chi connectivity index (χ1v) is 4.08. The van der Waals surface area contributed by atoms with E-state index in [1.807, 2.05) is 22.6 Å². The maximum Gasteiger partial charge on any atom is 0.257 e. The van der Waals surface area contributed by atoms with Gasteiger partial charge in [0.15, 0.2) is 0 Å². The van der Waals surface area contributed by atoms with Crippen molar-refractivity contribution in [1.82, 2.24) is 4.98 Å². The van der Waals surface area contributed by atoms with E-state index in [0.717, 1.165) is 0 Å². The van der Waals surface area contributed by atoms with Crippen molar-refractivity contribution in [3.63, 3.8) is 0 Å². The third-order valence-electron chi connectivity index (χ3n) is 1.02. The molecular weight excluding hydrogens is 283 g/mol. The fraction of sp³-hybridized carbons (Fsp3) is 0. The molecule has 1 heterocycles. The molecule has 0 aliphatic rings. The van der Waals surface area contributed by atoms with Crippen LogP contribution in [-0.4, -0.2) is 10.2 Å². The molecule has 11 heavy (non-hydrogen) atoms. The molecular formula is C6H2ClFINO. The number of pyridine rings is 1. The van der Waals surface area contributed by atoms with Gasteiger partial charge in [0.25, 0.3) is 5.24 Å². The second-order valence-electron chi connectivity index (χ2n) is 1.77. The molecule has 0 atom stereocenters. The normalized spacial score (nSPS) is 9.73. The lowest BCUT2D eigenvalue weighted by molar-refractivity contribution is 0.107. The van der Waals surface area contributed by atoms with E-state index in [-0.39, 0.29) is 5.56 Å². The number of hydrogen-bond donors (Lipinski definition) is 0. The first kappa shape index (κ1) is 8.86. The van der Waals surface area contributed by atoms with Crippen molar-refractivity contribution in [2.45, 2.75) is 0 Å². The smallest absolute Gasteiger partial charge is 0.257 e. The van der Waals surface area contributed by atoms with E-state index in [0.29, 0.717) is 3.57 Å². The Bertz CT molecular complexity index is 305. The van der Waals surface area contributed by atoms with E-state index in [1.54, 1.807) is 0 Å². The molecule has 1 aromatic heterocycles. The molecule has 0 aliphatic heterocycles. The monoisotopic (exact) mass is 285 g/mol. The lowest BCUT2D eigenvalue weighted by Gasteiger charge is -1.94. The van der Waals surface area contributed by atoms with Gasteiger partial charge in [-0.2, -0.15) is 4.39 Å². The molecule has 0 bridgehead atoms. The lowest BCUT2D eigenvalue weighted by atomic mass is 10.3. The Labute approximate surface area is 80.9 Å². The second kappa shape index (κ2) is 3.44. The van der Waals surface area contributed by atoms with E-state index >= 15 is 0 Å². The van der Waals surface area contributed by atoms with Crippen LogP contribution in [0, 0.1) is 9.52 Å². The minimum atomic E-state index is -0.828. The molecule has 5 heteroatoms. The quantitative estimate of drug-likeness (QED) is 0.450. The van der Waals surface area contributed by atoms with Crippen LogP contribution in [0.15, 0.2) is 12.3 Å². The number of halogens is 3. The molecule has 0 unspecified atom stereocenters. The predicted octanol–water partition coefficient (Wildman–Crippen LogP) is 2.20. The van der Waals surface area contributed by atoms with Crippen LogP contribution < -0.4 is 0 Å². The molecule has 0 fully saturated rings. The Balaban J connectivity index is 3.23. The summed E-state index contributed by atoms with van der Waals surface area (Å²) in [6.07, 6.45) is 1.32. The Hall–Kier alpha value is -0.230. The average molecular weight is 285 g/mol. The summed E-state index contributed by atoms with van der Waals surface area (Å²) in [5.74, 6) is -0.828. The summed E-state index contributed by atoms with van der Waals surface area (Å²) in [7, 11) is 0. The zero-order chi connectivity index (χ0) is 8.43. The van der Waals surface area contributed by atoms with Gasteiger partial charge in [-0.3, -0.25) is 4.79 Å². The van der Waals surface area contributed by atoms with Gasteiger partial charge < -0.3 is 0 Å². The van der Waals surface area contributed by atoms with Crippen molar-refractivity contribution in [1.29, 1.82) is 0 Å². The number of carbonyl (C=O) groups excluding carboxylic acids is 1. The Kier molecular flexibility index (Phi) is 2.78. The Morgan fingerprint density at radius 1 is 1.73 bits per heavy atom. The standard InChI is InChI=1S/C6H2ClFINO/c7-5(11)4-1-3(9)2-10-6(4)8/h1-2H. The molecule has 1 aromatic rings. The maximum atomic E-state index is 12.6. The summed E-state index contributed by atoms with van der Waals surface area (Å²) in [5.41, 5.74) is -0.182. The van der Waals surface area contributed by atoms with Crippen LogP contribution in [0.5, 0.6) is 0 Å². The largest absolute Gasteiger partial charge is 0.275 e. The first-order valence-electron chi connectivity index (χ1n) is 2.62. The third kappa shape index (κ3) is 2.10. The van der Waals surface area contributed by atoms with Crippen LogP contribution in [0.3, 0.4) is 0 Å². The molecule has 58 valence electrons. The Morgan fingerprint density at radius 2 is 2.36 bits per heavy atom. The fourth-order valence-corrected chi connectivity index (χ4v) is 1.14. The van der Waals surface area contributed by atoms with Gasteiger partial charge in [0, 0.05) is 9.77 Å². The minimum Gasteiger partial charge on any atom is -0.275 e. The maximum absolute atomic E-state index is 12.6. The number of aromatic nitrogens is 1. The van der Waals surface area contributed by atoms with Crippen molar-refractivity contribution in [3.05, 3.63) is 27.3 Å². The molecule has 0 aliphatic carbocycles. The molecule has 0 N–H and O–H groups in total. The number of hydrogen-bond acceptors (Lipinski definition) is 2. The lowest BCUT2D eigenvalue weighted by Crippen LogP contribution is -1.97. The van der Waals surface area contributed by atoms with Crippen LogP contribution in [-0.2, 0) is 0 Å². The molecule has 0 saturated carbocycles. The highest BCUT2D eigenvalue weighted by Crippen LogP contribution is 2.11. The highest BCUT2D eigenvalue weighted by atomic mass is 127. The molecule has 0 amide bonds. The average Bonchev–Trinajstić information content (AvgIpc) is 1.94. The number of nitrogens with zero attached hydrogens (tertiary/aromatic N) is 1. The van der Waals surface area contributed by atoms with Gasteiger partial charge in [0.2, 0.25) is 5.95 Å². The SMILES string of the molecule is O=C(Cl)c1cc(I)cnc1F. The van der Waals surface area contributed by atoms with E-state index in [4.69, 9.17) is 11.6 Å². The van der Waals surface area contributed by atoms with Crippen LogP contribution in [0.4, 0.5) is 4.39 Å². The van der Waals surface area contributed by atoms with Crippen LogP contribution >= 0.6 is 34.2 Å². The Morgan fingerprint density at radius 3 is 2.82 bits per heavy atom. The van der Waals surface area contributed by atoms with Crippen molar-refractivity contribution in [2.75, 3.05) is 0 Å². The summed E-state index contributed by atoms with van der Waals surface area (Å²) in [4.78, 5) is 13.8. The van der Waals surface area contributed by atoms with Crippen molar-refractivity contribution >= 4 is 39.4 Å². The van der Waals surface area contributed by atoms with E-state index in [2.05, 4.69) is 4.98 Å². The molecule has 0 saturated heterocycles. The summed E-state index contributed by atoms with van der Waals surface area (Å²) in [6.45, 7) is 0. The van der Waals surface area contributed by atoms with Gasteiger partial charge in [-0.05, 0) is 40.3 Å². The second-order valence-corrected chi connectivity index (χ2v) is 3.35. The zero-order valence-electron chi connectivity index (χ0n) is 5.14. The third-order valence-corrected chi connectivity index (χ3v) is 1.81. The van der Waals surface area contributed by atoms with Crippen molar-refractivity contribution in [2.24, 2.45) is 0 Å². The van der Waals surface area contributed by atoms with Gasteiger partial charge >= 0.3 is 0 Å². The van der Waals surface area contributed by atoms with Gasteiger partial charge in [-0.15, -0.1) is 0 Å². The summed E-state index contributed by atoms with van der Waals surface area (Å²) < 4.78 is 13.3. The summed E-state index contributed by atoms with van der Waals surface area (Å²) >= 11 is 6.97. The van der Waals surface area contributed by atoms with Gasteiger partial charge in [0.05, 0.1) is 5.56 Å². The van der Waals surface area contributed by atoms with Gasteiger partial charge in [0.1, 0.15) is 0 Å². The molecule has 0 radical (unpaired) electrons. The summed E-state index contributed by atoms with van der Waals surface area (Å²) in [6, 6.07) is 1.35. The van der Waals surface area contributed by atoms with Gasteiger partial charge in [-0.1, -0.05) is 0 Å². The van der Waals surface area contributed by atoms with E-state index in [9.17, 15) is 9.18 Å². The molecule has 2 nitrogen and oxygen atoms in total. The zero-order valence-corrected chi connectivity index (χ0v) is 8.06. The highest BCUT2D eigenvalue weighted by Gasteiger charge is 2.09. The first-order chi connectivity index (χ1) is 5.11. The minimum absolute atomic E-state index is 0.182. The van der Waals surface area contributed by atoms with Crippen LogP contribution in [0.2, 0.25) is 0 Å². The van der Waals surface area contributed by atoms with Crippen LogP contribution in [0.1, 0.15) is 10.4 Å². The van der Waals surface area contributed by atoms with Crippen molar-refractivity contribution in [3.8, 4) is 0 Å². The number of rotatable bonds is 1. The van der Waals surface area contributed by atoms with E-state index < -0.39 is 11.2 Å². The summed E-state index contributed by atoms with van der Waals surface area (Å²) in [5, 5.41) is -0.825. The van der Waals surface area contributed by atoms with Crippen LogP contribution in [0.25, 0.3) is 0 Å².